The molecule has 0 unspecified atom stereocenters. The van der Waals surface area contributed by atoms with Crippen molar-refractivity contribution < 1.29 is 24.3 Å². The molecule has 1 amide bonds. The molecule has 20 heavy (non-hydrogen) atoms. The Balaban J connectivity index is 0.000000178. The van der Waals surface area contributed by atoms with Gasteiger partial charge in [0.2, 0.25) is 5.91 Å². The number of likely N-dealkylation sites (N-methyl/N-ethyl adjacent to an activating group) is 1. The molecule has 0 aromatic carbocycles. The summed E-state index contributed by atoms with van der Waals surface area (Å²) in [6.45, 7) is 7.94. The number of fused-ring (bicyclic) bond motifs is 1. The van der Waals surface area contributed by atoms with Gasteiger partial charge in [-0.15, -0.1) is 11.8 Å². The highest BCUT2D eigenvalue weighted by Gasteiger charge is 2.55. The largest absolute Gasteiger partial charge is 0.548 e. The van der Waals surface area contributed by atoms with Crippen molar-refractivity contribution >= 4 is 23.6 Å². The average Bonchev–Trinajstić information content (AvgIpc) is 2.58. The minimum Gasteiger partial charge on any atom is -0.548 e. The number of hydrogen-bond acceptors (Lipinski definition) is 5. The predicted molar refractivity (Wildman–Crippen MR) is 73.2 cm³/mol. The lowest BCUT2D eigenvalue weighted by molar-refractivity contribution is -0.888. The number of ether oxygens (including phenoxy) is 1. The fraction of sp³-hybridized carbons (Fsp3) is 0.846. The van der Waals surface area contributed by atoms with Crippen LogP contribution < -0.4 is 10.0 Å². The molecule has 0 spiro atoms. The Hall–Kier alpha value is -0.790. The second-order valence-corrected chi connectivity index (χ2v) is 7.80. The van der Waals surface area contributed by atoms with Crippen LogP contribution in [0.4, 0.5) is 0 Å². The summed E-state index contributed by atoms with van der Waals surface area (Å²) in [5.41, 5.74) is 0. The lowest BCUT2D eigenvalue weighted by atomic mass is 9.98. The molecular weight excluding hydrogens is 280 g/mol. The molecule has 3 rings (SSSR count). The maximum Gasteiger partial charge on any atom is 0.227 e. The van der Waals surface area contributed by atoms with Gasteiger partial charge in [0.15, 0.2) is 0 Å². The number of carboxylic acids is 1. The number of β-lactam (4-membered cyclic amide) rings is 1. The van der Waals surface area contributed by atoms with E-state index in [4.69, 9.17) is 4.74 Å². The van der Waals surface area contributed by atoms with E-state index in [1.807, 2.05) is 13.8 Å². The first-order chi connectivity index (χ1) is 9.33. The number of aliphatic carboxylic acids is 1. The quantitative estimate of drug-likeness (QED) is 0.553. The molecule has 0 saturated carbocycles. The number of morpholine rings is 1. The van der Waals surface area contributed by atoms with Gasteiger partial charge < -0.3 is 24.4 Å². The van der Waals surface area contributed by atoms with Gasteiger partial charge in [-0.2, -0.15) is 0 Å². The number of carbonyl (C=O) groups excluding carboxylic acids is 2. The van der Waals surface area contributed by atoms with Crippen LogP contribution in [0.25, 0.3) is 0 Å². The molecule has 3 aliphatic heterocycles. The molecule has 0 aromatic rings. The number of thioether (sulfide) groups is 1. The number of nitrogens with one attached hydrogen (secondary N) is 1. The van der Waals surface area contributed by atoms with E-state index >= 15 is 0 Å². The zero-order valence-electron chi connectivity index (χ0n) is 12.2. The Morgan fingerprint density at radius 3 is 2.40 bits per heavy atom. The summed E-state index contributed by atoms with van der Waals surface area (Å²) in [4.78, 5) is 25.0. The van der Waals surface area contributed by atoms with Crippen LogP contribution in [0.2, 0.25) is 0 Å². The van der Waals surface area contributed by atoms with Crippen LogP contribution in [0, 0.1) is 0 Å². The van der Waals surface area contributed by atoms with Gasteiger partial charge in [0.1, 0.15) is 13.1 Å². The SMILES string of the molecule is CC1(C)S[C@@H]2CC(=O)N2[C@H]1C(=O)[O-].C[NH+]1CCOCC1. The fourth-order valence-electron chi connectivity index (χ4n) is 2.68. The van der Waals surface area contributed by atoms with Crippen LogP contribution in [0.5, 0.6) is 0 Å². The van der Waals surface area contributed by atoms with Crippen molar-refractivity contribution in [3.63, 3.8) is 0 Å². The summed E-state index contributed by atoms with van der Waals surface area (Å²) in [5, 5.41) is 10.9. The molecule has 7 heteroatoms. The zero-order valence-corrected chi connectivity index (χ0v) is 13.0. The molecule has 3 heterocycles. The van der Waals surface area contributed by atoms with Gasteiger partial charge in [-0.3, -0.25) is 4.79 Å². The van der Waals surface area contributed by atoms with E-state index in [0.717, 1.165) is 13.2 Å². The van der Waals surface area contributed by atoms with E-state index in [1.165, 1.54) is 18.0 Å². The van der Waals surface area contributed by atoms with Gasteiger partial charge in [-0.1, -0.05) is 0 Å². The predicted octanol–water partition coefficient (Wildman–Crippen LogP) is -2.28. The Morgan fingerprint density at radius 1 is 1.45 bits per heavy atom. The standard InChI is InChI=1S/C8H11NO3S.C5H11NO/c1-8(2)6(7(11)12)9-4(10)3-5(9)13-8;1-6-2-4-7-5-3-6/h5-6H,3H2,1-2H3,(H,11,12);2-5H2,1H3/t5-,6+;/m1./s1. The molecule has 3 fully saturated rings. The number of carboxylic acid groups (broad SMARTS) is 1. The number of quaternary nitrogens is 1. The van der Waals surface area contributed by atoms with E-state index in [9.17, 15) is 14.7 Å². The molecule has 0 aliphatic carbocycles. The summed E-state index contributed by atoms with van der Waals surface area (Å²) in [6, 6.07) is -0.760. The summed E-state index contributed by atoms with van der Waals surface area (Å²) in [6.07, 6.45) is 0.470. The molecule has 2 atom stereocenters. The minimum absolute atomic E-state index is 0.0606. The van der Waals surface area contributed by atoms with Gasteiger partial charge in [-0.05, 0) is 13.8 Å². The van der Waals surface area contributed by atoms with Gasteiger partial charge >= 0.3 is 0 Å². The van der Waals surface area contributed by atoms with Crippen LogP contribution in [-0.4, -0.2) is 66.3 Å². The molecule has 0 aromatic heterocycles. The van der Waals surface area contributed by atoms with E-state index in [2.05, 4.69) is 7.05 Å². The topological polar surface area (TPSA) is 74.1 Å². The molecule has 3 saturated heterocycles. The van der Waals surface area contributed by atoms with Crippen LogP contribution in [0.1, 0.15) is 20.3 Å². The number of nitrogens with zero attached hydrogens (tertiary/aromatic N) is 1. The molecule has 1 N–H and O–H groups in total. The van der Waals surface area contributed by atoms with Gasteiger partial charge in [0.05, 0.1) is 44.1 Å². The molecule has 3 aliphatic rings. The lowest BCUT2D eigenvalue weighted by Gasteiger charge is -2.39. The van der Waals surface area contributed by atoms with Crippen molar-refractivity contribution in [1.82, 2.24) is 4.90 Å². The number of rotatable bonds is 1. The third-order valence-corrected chi connectivity index (χ3v) is 5.39. The highest BCUT2D eigenvalue weighted by atomic mass is 32.2. The highest BCUT2D eigenvalue weighted by Crippen LogP contribution is 2.50. The minimum atomic E-state index is -1.15. The first-order valence-electron chi connectivity index (χ1n) is 6.92. The van der Waals surface area contributed by atoms with Crippen molar-refractivity contribution in [2.75, 3.05) is 33.4 Å². The van der Waals surface area contributed by atoms with Crippen molar-refractivity contribution in [1.29, 1.82) is 0 Å². The monoisotopic (exact) mass is 302 g/mol. The average molecular weight is 302 g/mol. The Morgan fingerprint density at radius 2 is 2.05 bits per heavy atom. The van der Waals surface area contributed by atoms with Gasteiger partial charge in [0, 0.05) is 4.75 Å². The fourth-order valence-corrected chi connectivity index (χ4v) is 4.30. The number of carbonyl (C=O) groups is 2. The molecular formula is C13H22N2O4S. The first-order valence-corrected chi connectivity index (χ1v) is 7.80. The Kier molecular flexibility index (Phi) is 4.61. The van der Waals surface area contributed by atoms with Crippen LogP contribution in [-0.2, 0) is 14.3 Å². The summed E-state index contributed by atoms with van der Waals surface area (Å²) >= 11 is 1.54. The third kappa shape index (κ3) is 3.10. The maximum atomic E-state index is 11.1. The van der Waals surface area contributed by atoms with Crippen molar-refractivity contribution in [3.05, 3.63) is 0 Å². The van der Waals surface area contributed by atoms with E-state index in [1.54, 1.807) is 16.7 Å². The summed E-state index contributed by atoms with van der Waals surface area (Å²) < 4.78 is 4.70. The Labute approximate surface area is 123 Å². The van der Waals surface area contributed by atoms with E-state index < -0.39 is 16.8 Å². The van der Waals surface area contributed by atoms with Crippen LogP contribution >= 0.6 is 11.8 Å². The van der Waals surface area contributed by atoms with Gasteiger partial charge in [-0.25, -0.2) is 0 Å². The third-order valence-electron chi connectivity index (χ3n) is 3.89. The maximum absolute atomic E-state index is 11.1. The van der Waals surface area contributed by atoms with Gasteiger partial charge in [0.25, 0.3) is 0 Å². The van der Waals surface area contributed by atoms with Crippen molar-refractivity contribution in [2.45, 2.75) is 36.4 Å². The van der Waals surface area contributed by atoms with Crippen LogP contribution in [0.15, 0.2) is 0 Å². The van der Waals surface area contributed by atoms with Crippen LogP contribution in [0.3, 0.4) is 0 Å². The Bertz CT molecular complexity index is 396. The second-order valence-electron chi connectivity index (χ2n) is 5.97. The smallest absolute Gasteiger partial charge is 0.227 e. The number of amides is 1. The van der Waals surface area contributed by atoms with E-state index in [-0.39, 0.29) is 11.3 Å². The molecule has 114 valence electrons. The summed E-state index contributed by atoms with van der Waals surface area (Å²) in [5.74, 6) is -1.22. The highest BCUT2D eigenvalue weighted by molar-refractivity contribution is 8.01. The molecule has 0 bridgehead atoms. The number of hydrogen-bond donors (Lipinski definition) is 1. The van der Waals surface area contributed by atoms with E-state index in [0.29, 0.717) is 6.42 Å². The molecule has 6 nitrogen and oxygen atoms in total. The summed E-state index contributed by atoms with van der Waals surface area (Å²) in [7, 11) is 2.20. The second kappa shape index (κ2) is 5.91. The lowest BCUT2D eigenvalue weighted by Crippen LogP contribution is -3.11. The molecule has 0 radical (unpaired) electrons. The van der Waals surface area contributed by atoms with Crippen molar-refractivity contribution in [2.24, 2.45) is 0 Å². The first kappa shape index (κ1) is 15.6. The normalized spacial score (nSPS) is 31.9. The zero-order chi connectivity index (χ0) is 14.9. The van der Waals surface area contributed by atoms with Crippen molar-refractivity contribution in [3.8, 4) is 0 Å².